The second kappa shape index (κ2) is 11.2. The van der Waals surface area contributed by atoms with Crippen molar-refractivity contribution < 1.29 is 27.5 Å². The van der Waals surface area contributed by atoms with E-state index in [-0.39, 0.29) is 31.2 Å². The first-order valence-corrected chi connectivity index (χ1v) is 13.0. The van der Waals surface area contributed by atoms with E-state index in [9.17, 15) is 18.0 Å². The number of para-hydroxylation sites is 1. The smallest absolute Gasteiger partial charge is 0.253 e. The second-order valence-electron chi connectivity index (χ2n) is 8.46. The van der Waals surface area contributed by atoms with E-state index in [0.29, 0.717) is 54.1 Å². The highest BCUT2D eigenvalue weighted by atomic mass is 32.2. The van der Waals surface area contributed by atoms with E-state index in [1.165, 1.54) is 4.31 Å². The molecule has 0 saturated heterocycles. The highest BCUT2D eigenvalue weighted by Crippen LogP contribution is 2.34. The van der Waals surface area contributed by atoms with Crippen LogP contribution < -0.4 is 24.4 Å². The molecule has 184 valence electrons. The minimum absolute atomic E-state index is 0.0819. The molecular weight excluding hydrogens is 458 g/mol. The number of anilines is 2. The van der Waals surface area contributed by atoms with E-state index >= 15 is 0 Å². The van der Waals surface area contributed by atoms with Crippen LogP contribution in [0.1, 0.15) is 37.0 Å². The Kier molecular flexibility index (Phi) is 8.38. The van der Waals surface area contributed by atoms with Gasteiger partial charge in [-0.3, -0.25) is 13.9 Å². The molecule has 1 heterocycles. The highest BCUT2D eigenvalue weighted by Gasteiger charge is 2.21. The van der Waals surface area contributed by atoms with Gasteiger partial charge in [-0.2, -0.15) is 0 Å². The molecule has 2 aromatic carbocycles. The van der Waals surface area contributed by atoms with Crippen molar-refractivity contribution in [1.29, 1.82) is 0 Å². The third kappa shape index (κ3) is 6.86. The Bertz CT molecular complexity index is 1130. The quantitative estimate of drug-likeness (QED) is 0.530. The van der Waals surface area contributed by atoms with Crippen LogP contribution in [0, 0.1) is 5.92 Å². The summed E-state index contributed by atoms with van der Waals surface area (Å²) in [5.41, 5.74) is 1.24. The first-order chi connectivity index (χ1) is 16.1. The van der Waals surface area contributed by atoms with Gasteiger partial charge in [0, 0.05) is 25.6 Å². The third-order valence-corrected chi connectivity index (χ3v) is 6.29. The van der Waals surface area contributed by atoms with Gasteiger partial charge >= 0.3 is 0 Å². The van der Waals surface area contributed by atoms with E-state index in [4.69, 9.17) is 9.47 Å². The second-order valence-corrected chi connectivity index (χ2v) is 10.4. The van der Waals surface area contributed by atoms with Crippen LogP contribution in [0.5, 0.6) is 11.5 Å². The summed E-state index contributed by atoms with van der Waals surface area (Å²) in [4.78, 5) is 25.0. The van der Waals surface area contributed by atoms with Crippen molar-refractivity contribution in [3.63, 3.8) is 0 Å². The number of nitrogens with zero attached hydrogens (tertiary/aromatic N) is 1. The lowest BCUT2D eigenvalue weighted by molar-refractivity contribution is -0.116. The minimum Gasteiger partial charge on any atom is -0.486 e. The minimum atomic E-state index is -3.58. The Labute approximate surface area is 200 Å². The number of nitrogens with one attached hydrogen (secondary N) is 2. The summed E-state index contributed by atoms with van der Waals surface area (Å²) in [6.45, 7) is 5.48. The fourth-order valence-electron chi connectivity index (χ4n) is 3.45. The molecule has 2 N–H and O–H groups in total. The zero-order valence-corrected chi connectivity index (χ0v) is 20.5. The van der Waals surface area contributed by atoms with E-state index < -0.39 is 10.0 Å². The molecule has 3 rings (SSSR count). The fourth-order valence-corrected chi connectivity index (χ4v) is 4.41. The number of carbonyl (C=O) groups excluding carboxylic acids is 2. The summed E-state index contributed by atoms with van der Waals surface area (Å²) in [5, 5.41) is 5.61. The van der Waals surface area contributed by atoms with E-state index in [1.807, 2.05) is 13.8 Å². The molecule has 10 heteroatoms. The number of hydrogen-bond acceptors (Lipinski definition) is 6. The summed E-state index contributed by atoms with van der Waals surface area (Å²) >= 11 is 0. The van der Waals surface area contributed by atoms with E-state index in [0.717, 1.165) is 6.26 Å². The zero-order chi connectivity index (χ0) is 24.7. The largest absolute Gasteiger partial charge is 0.486 e. The summed E-state index contributed by atoms with van der Waals surface area (Å²) in [5.74, 6) is 0.797. The topological polar surface area (TPSA) is 114 Å². The zero-order valence-electron chi connectivity index (χ0n) is 19.7. The van der Waals surface area contributed by atoms with Crippen LogP contribution in [0.25, 0.3) is 0 Å². The maximum atomic E-state index is 12.6. The molecular formula is C24H31N3O6S. The Morgan fingerprint density at radius 1 is 1.06 bits per heavy atom. The molecule has 0 unspecified atom stereocenters. The Morgan fingerprint density at radius 3 is 2.47 bits per heavy atom. The molecule has 0 atom stereocenters. The molecule has 0 aliphatic carbocycles. The number of sulfonamides is 1. The van der Waals surface area contributed by atoms with Gasteiger partial charge < -0.3 is 20.1 Å². The molecule has 1 aliphatic rings. The number of carbonyl (C=O) groups is 2. The van der Waals surface area contributed by atoms with Crippen LogP contribution in [-0.4, -0.2) is 52.8 Å². The Hall–Kier alpha value is -3.27. The van der Waals surface area contributed by atoms with Gasteiger partial charge in [0.1, 0.15) is 13.2 Å². The molecule has 0 saturated carbocycles. The van der Waals surface area contributed by atoms with Gasteiger partial charge in [-0.15, -0.1) is 0 Å². The lowest BCUT2D eigenvalue weighted by Crippen LogP contribution is -2.31. The van der Waals surface area contributed by atoms with Crippen LogP contribution in [0.4, 0.5) is 11.4 Å². The van der Waals surface area contributed by atoms with Crippen molar-refractivity contribution >= 4 is 33.2 Å². The van der Waals surface area contributed by atoms with Gasteiger partial charge in [0.2, 0.25) is 15.9 Å². The Morgan fingerprint density at radius 2 is 1.76 bits per heavy atom. The van der Waals surface area contributed by atoms with Crippen molar-refractivity contribution in [2.75, 3.05) is 42.2 Å². The van der Waals surface area contributed by atoms with Gasteiger partial charge in [0.05, 0.1) is 23.2 Å². The Balaban J connectivity index is 1.62. The van der Waals surface area contributed by atoms with Gasteiger partial charge in [-0.05, 0) is 36.6 Å². The number of benzene rings is 2. The monoisotopic (exact) mass is 489 g/mol. The van der Waals surface area contributed by atoms with Crippen molar-refractivity contribution in [3.8, 4) is 11.5 Å². The molecule has 0 fully saturated rings. The van der Waals surface area contributed by atoms with Crippen molar-refractivity contribution in [2.45, 2.75) is 26.7 Å². The number of amides is 2. The summed E-state index contributed by atoms with van der Waals surface area (Å²) in [6.07, 6.45) is 1.49. The maximum absolute atomic E-state index is 12.6. The SMILES string of the molecule is CC(C)CNC(=O)c1ccccc1NC(=O)CCCN(c1ccc2c(c1)OCCO2)S(C)(=O)=O. The molecule has 0 spiro atoms. The van der Waals surface area contributed by atoms with Crippen LogP contribution in [0.2, 0.25) is 0 Å². The lowest BCUT2D eigenvalue weighted by Gasteiger charge is -2.25. The molecule has 34 heavy (non-hydrogen) atoms. The molecule has 0 radical (unpaired) electrons. The summed E-state index contributed by atoms with van der Waals surface area (Å²) in [7, 11) is -3.58. The van der Waals surface area contributed by atoms with E-state index in [2.05, 4.69) is 10.6 Å². The van der Waals surface area contributed by atoms with Crippen LogP contribution in [-0.2, 0) is 14.8 Å². The molecule has 2 amide bonds. The standard InChI is InChI=1S/C24H31N3O6S/c1-17(2)16-25-24(29)19-7-4-5-8-20(19)26-23(28)9-6-12-27(34(3,30)31)18-10-11-21-22(15-18)33-14-13-32-21/h4-5,7-8,10-11,15,17H,6,9,12-14,16H2,1-3H3,(H,25,29)(H,26,28). The van der Waals surface area contributed by atoms with Gasteiger partial charge in [0.15, 0.2) is 11.5 Å². The molecule has 2 aromatic rings. The molecule has 0 aromatic heterocycles. The van der Waals surface area contributed by atoms with Gasteiger partial charge in [-0.1, -0.05) is 26.0 Å². The van der Waals surface area contributed by atoms with Gasteiger partial charge in [0.25, 0.3) is 5.91 Å². The van der Waals surface area contributed by atoms with Gasteiger partial charge in [-0.25, -0.2) is 8.42 Å². The van der Waals surface area contributed by atoms with E-state index in [1.54, 1.807) is 42.5 Å². The molecule has 9 nitrogen and oxygen atoms in total. The first-order valence-electron chi connectivity index (χ1n) is 11.2. The predicted molar refractivity (Wildman–Crippen MR) is 131 cm³/mol. The average Bonchev–Trinajstić information content (AvgIpc) is 2.79. The van der Waals surface area contributed by atoms with Crippen molar-refractivity contribution in [1.82, 2.24) is 5.32 Å². The average molecular weight is 490 g/mol. The number of hydrogen-bond donors (Lipinski definition) is 2. The number of rotatable bonds is 10. The summed E-state index contributed by atoms with van der Waals surface area (Å²) in [6, 6.07) is 11.7. The highest BCUT2D eigenvalue weighted by molar-refractivity contribution is 7.92. The predicted octanol–water partition coefficient (Wildman–Crippen LogP) is 3.03. The molecule has 0 bridgehead atoms. The fraction of sp³-hybridized carbons (Fsp3) is 0.417. The first kappa shape index (κ1) is 25.4. The lowest BCUT2D eigenvalue weighted by atomic mass is 10.1. The maximum Gasteiger partial charge on any atom is 0.253 e. The normalized spacial score (nSPS) is 12.8. The molecule has 1 aliphatic heterocycles. The van der Waals surface area contributed by atoms with Crippen LogP contribution in [0.3, 0.4) is 0 Å². The third-order valence-electron chi connectivity index (χ3n) is 5.10. The number of fused-ring (bicyclic) bond motifs is 1. The van der Waals surface area contributed by atoms with Crippen LogP contribution in [0.15, 0.2) is 42.5 Å². The van der Waals surface area contributed by atoms with Crippen molar-refractivity contribution in [2.24, 2.45) is 5.92 Å². The number of ether oxygens (including phenoxy) is 2. The van der Waals surface area contributed by atoms with Crippen molar-refractivity contribution in [3.05, 3.63) is 48.0 Å². The summed E-state index contributed by atoms with van der Waals surface area (Å²) < 4.78 is 37.1. The van der Waals surface area contributed by atoms with Crippen LogP contribution >= 0.6 is 0 Å².